The van der Waals surface area contributed by atoms with Crippen LogP contribution in [0, 0.1) is 34.0 Å². The predicted octanol–water partition coefficient (Wildman–Crippen LogP) is 1.76. The normalized spacial score (nSPS) is 8.33. The molecule has 0 atom stereocenters. The molecule has 4 heteroatoms. The van der Waals surface area contributed by atoms with Crippen LogP contribution in [0.15, 0.2) is 18.2 Å². The van der Waals surface area contributed by atoms with E-state index in [4.69, 9.17) is 15.8 Å². The predicted molar refractivity (Wildman–Crippen MR) is 54.6 cm³/mol. The van der Waals surface area contributed by atoms with E-state index in [1.807, 2.05) is 18.2 Å². The molecular formula is C11H8N4. The van der Waals surface area contributed by atoms with Crippen LogP contribution in [0.1, 0.15) is 17.5 Å². The molecule has 0 saturated heterocycles. The summed E-state index contributed by atoms with van der Waals surface area (Å²) in [4.78, 5) is 0. The van der Waals surface area contributed by atoms with Crippen molar-refractivity contribution in [2.24, 2.45) is 0 Å². The van der Waals surface area contributed by atoms with Gasteiger partial charge in [-0.15, -0.1) is 0 Å². The minimum absolute atomic E-state index is 0.347. The molecule has 0 saturated carbocycles. The second-order valence-corrected chi connectivity index (χ2v) is 2.82. The Hall–Kier alpha value is -2.51. The number of nitrogens with one attached hydrogen (secondary N) is 1. The molecule has 4 nitrogen and oxygen atoms in total. The number of nitrogens with zero attached hydrogens (tertiary/aromatic N) is 3. The molecule has 1 aromatic rings. The summed E-state index contributed by atoms with van der Waals surface area (Å²) in [6.07, 6.45) is 0.405. The molecule has 0 amide bonds. The van der Waals surface area contributed by atoms with E-state index in [9.17, 15) is 0 Å². The maximum absolute atomic E-state index is 8.76. The summed E-state index contributed by atoms with van der Waals surface area (Å²) >= 11 is 0. The minimum Gasteiger partial charge on any atom is -0.384 e. The largest absolute Gasteiger partial charge is 0.384 e. The molecule has 0 aliphatic carbocycles. The topological polar surface area (TPSA) is 83.4 Å². The van der Waals surface area contributed by atoms with Crippen LogP contribution in [0.25, 0.3) is 0 Å². The second kappa shape index (κ2) is 5.27. The molecule has 0 unspecified atom stereocenters. The van der Waals surface area contributed by atoms with E-state index < -0.39 is 0 Å². The third-order valence-electron chi connectivity index (χ3n) is 1.83. The molecule has 0 aromatic heterocycles. The van der Waals surface area contributed by atoms with Gasteiger partial charge in [0.25, 0.3) is 0 Å². The summed E-state index contributed by atoms with van der Waals surface area (Å²) in [5.74, 6) is 0. The smallest absolute Gasteiger partial charge is 0.101 e. The molecule has 0 spiro atoms. The molecule has 0 aliphatic rings. The number of nitriles is 3. The quantitative estimate of drug-likeness (QED) is 0.746. The van der Waals surface area contributed by atoms with Gasteiger partial charge in [0.1, 0.15) is 12.1 Å². The Morgan fingerprint density at radius 3 is 2.40 bits per heavy atom. The van der Waals surface area contributed by atoms with Crippen molar-refractivity contribution in [1.82, 2.24) is 0 Å². The van der Waals surface area contributed by atoms with Crippen LogP contribution in [-0.2, 0) is 0 Å². The first-order chi connectivity index (χ1) is 7.31. The number of anilines is 1. The van der Waals surface area contributed by atoms with Crippen molar-refractivity contribution >= 4 is 5.69 Å². The summed E-state index contributed by atoms with van der Waals surface area (Å²) in [5, 5.41) is 28.8. The van der Waals surface area contributed by atoms with Crippen molar-refractivity contribution in [3.8, 4) is 18.2 Å². The van der Waals surface area contributed by atoms with E-state index in [2.05, 4.69) is 5.32 Å². The van der Waals surface area contributed by atoms with E-state index in [-0.39, 0.29) is 0 Å². The highest BCUT2D eigenvalue weighted by molar-refractivity contribution is 5.56. The lowest BCUT2D eigenvalue weighted by molar-refractivity contribution is 1.07. The van der Waals surface area contributed by atoms with Gasteiger partial charge in [0.2, 0.25) is 0 Å². The Balaban J connectivity index is 2.83. The van der Waals surface area contributed by atoms with Crippen molar-refractivity contribution in [3.63, 3.8) is 0 Å². The molecule has 0 bridgehead atoms. The van der Waals surface area contributed by atoms with Crippen LogP contribution < -0.4 is 5.32 Å². The highest BCUT2D eigenvalue weighted by Gasteiger charge is 2.01. The molecule has 72 valence electrons. The summed E-state index contributed by atoms with van der Waals surface area (Å²) in [5.41, 5.74) is 1.46. The summed E-state index contributed by atoms with van der Waals surface area (Å²) in [7, 11) is 0. The maximum atomic E-state index is 8.76. The van der Waals surface area contributed by atoms with Crippen molar-refractivity contribution in [3.05, 3.63) is 29.3 Å². The van der Waals surface area contributed by atoms with E-state index in [0.29, 0.717) is 24.1 Å². The fourth-order valence-corrected chi connectivity index (χ4v) is 1.11. The first kappa shape index (κ1) is 10.6. The lowest BCUT2D eigenvalue weighted by Crippen LogP contribution is -2.00. The number of hydrogen-bond donors (Lipinski definition) is 1. The van der Waals surface area contributed by atoms with E-state index in [1.54, 1.807) is 18.2 Å². The van der Waals surface area contributed by atoms with Gasteiger partial charge in [-0.1, -0.05) is 0 Å². The lowest BCUT2D eigenvalue weighted by Gasteiger charge is -2.04. The Labute approximate surface area is 88.0 Å². The highest BCUT2D eigenvalue weighted by Crippen LogP contribution is 2.14. The highest BCUT2D eigenvalue weighted by atomic mass is 14.9. The molecule has 1 N–H and O–H groups in total. The zero-order chi connectivity index (χ0) is 11.1. The number of hydrogen-bond acceptors (Lipinski definition) is 4. The zero-order valence-electron chi connectivity index (χ0n) is 7.99. The van der Waals surface area contributed by atoms with Crippen molar-refractivity contribution in [2.45, 2.75) is 6.42 Å². The van der Waals surface area contributed by atoms with E-state index in [1.165, 1.54) is 0 Å². The van der Waals surface area contributed by atoms with Crippen molar-refractivity contribution in [2.75, 3.05) is 11.9 Å². The van der Waals surface area contributed by atoms with Crippen molar-refractivity contribution < 1.29 is 0 Å². The van der Waals surface area contributed by atoms with Crippen LogP contribution in [0.4, 0.5) is 5.69 Å². The van der Waals surface area contributed by atoms with E-state index >= 15 is 0 Å². The van der Waals surface area contributed by atoms with Gasteiger partial charge in [-0.05, 0) is 18.2 Å². The number of rotatable bonds is 3. The Bertz CT molecular complexity index is 471. The van der Waals surface area contributed by atoms with Gasteiger partial charge in [0.15, 0.2) is 0 Å². The molecule has 0 aliphatic heterocycles. The van der Waals surface area contributed by atoms with Crippen LogP contribution in [0.5, 0.6) is 0 Å². The third-order valence-corrected chi connectivity index (χ3v) is 1.83. The van der Waals surface area contributed by atoms with Gasteiger partial charge in [-0.3, -0.25) is 0 Å². The Kier molecular flexibility index (Phi) is 3.71. The molecule has 1 aromatic carbocycles. The van der Waals surface area contributed by atoms with Gasteiger partial charge in [-0.2, -0.15) is 15.8 Å². The van der Waals surface area contributed by atoms with Crippen LogP contribution >= 0.6 is 0 Å². The Morgan fingerprint density at radius 2 is 1.80 bits per heavy atom. The summed E-state index contributed by atoms with van der Waals surface area (Å²) in [6.45, 7) is 0.535. The fraction of sp³-hybridized carbons (Fsp3) is 0.182. The van der Waals surface area contributed by atoms with E-state index in [0.717, 1.165) is 5.69 Å². The van der Waals surface area contributed by atoms with Crippen LogP contribution in [-0.4, -0.2) is 6.54 Å². The first-order valence-corrected chi connectivity index (χ1v) is 4.37. The summed E-state index contributed by atoms with van der Waals surface area (Å²) < 4.78 is 0. The number of benzene rings is 1. The molecule has 0 heterocycles. The van der Waals surface area contributed by atoms with Crippen LogP contribution in [0.3, 0.4) is 0 Å². The monoisotopic (exact) mass is 196 g/mol. The van der Waals surface area contributed by atoms with Gasteiger partial charge in [0, 0.05) is 12.2 Å². The second-order valence-electron chi connectivity index (χ2n) is 2.82. The molecule has 15 heavy (non-hydrogen) atoms. The lowest BCUT2D eigenvalue weighted by atomic mass is 10.1. The summed E-state index contributed by atoms with van der Waals surface area (Å²) in [6, 6.07) is 10.8. The zero-order valence-corrected chi connectivity index (χ0v) is 7.99. The van der Waals surface area contributed by atoms with Crippen LogP contribution in [0.2, 0.25) is 0 Å². The Morgan fingerprint density at radius 1 is 1.07 bits per heavy atom. The fourth-order valence-electron chi connectivity index (χ4n) is 1.11. The van der Waals surface area contributed by atoms with Gasteiger partial charge in [-0.25, -0.2) is 0 Å². The van der Waals surface area contributed by atoms with Gasteiger partial charge < -0.3 is 5.32 Å². The SMILES string of the molecule is N#CCCNc1ccc(C#N)c(C#N)c1. The molecular weight excluding hydrogens is 188 g/mol. The van der Waals surface area contributed by atoms with Crippen molar-refractivity contribution in [1.29, 1.82) is 15.8 Å². The molecule has 0 fully saturated rings. The molecule has 0 radical (unpaired) electrons. The first-order valence-electron chi connectivity index (χ1n) is 4.37. The molecule has 1 rings (SSSR count). The standard InChI is InChI=1S/C11H8N4/c12-4-1-5-15-11-3-2-9(7-13)10(6-11)8-14/h2-3,6,15H,1,5H2. The average molecular weight is 196 g/mol. The third kappa shape index (κ3) is 2.72. The average Bonchev–Trinajstić information content (AvgIpc) is 2.29. The minimum atomic E-state index is 0.347. The van der Waals surface area contributed by atoms with Gasteiger partial charge >= 0.3 is 0 Å². The van der Waals surface area contributed by atoms with Gasteiger partial charge in [0.05, 0.1) is 23.6 Å². The maximum Gasteiger partial charge on any atom is 0.101 e.